The number of fused-ring (bicyclic) bond motifs is 1. The summed E-state index contributed by atoms with van der Waals surface area (Å²) in [6.45, 7) is 3.93. The first-order valence-electron chi connectivity index (χ1n) is 9.25. The molecule has 0 radical (unpaired) electrons. The van der Waals surface area contributed by atoms with Gasteiger partial charge in [0.25, 0.3) is 0 Å². The first-order valence-corrected chi connectivity index (χ1v) is 10.7. The molecule has 2 aromatic rings. The second-order valence-electron chi connectivity index (χ2n) is 6.82. The van der Waals surface area contributed by atoms with Gasteiger partial charge in [0.15, 0.2) is 0 Å². The fourth-order valence-corrected chi connectivity index (χ4v) is 5.07. The Bertz CT molecular complexity index is 930. The molecular weight excluding hydrogens is 370 g/mol. The predicted molar refractivity (Wildman–Crippen MR) is 97.5 cm³/mol. The summed E-state index contributed by atoms with van der Waals surface area (Å²) in [5, 5.41) is 8.19. The zero-order valence-electron chi connectivity index (χ0n) is 15.1. The molecule has 1 amide bonds. The highest BCUT2D eigenvalue weighted by Crippen LogP contribution is 2.23. The highest BCUT2D eigenvalue weighted by molar-refractivity contribution is 7.89. The summed E-state index contributed by atoms with van der Waals surface area (Å²) in [5.74, 6) is 0.0650. The molecule has 1 aromatic carbocycles. The Balaban J connectivity index is 1.48. The molecule has 0 bridgehead atoms. The van der Waals surface area contributed by atoms with Crippen molar-refractivity contribution < 1.29 is 17.9 Å². The van der Waals surface area contributed by atoms with Crippen molar-refractivity contribution in [2.45, 2.75) is 30.7 Å². The number of carbonyl (C=O) groups is 1. The van der Waals surface area contributed by atoms with Crippen molar-refractivity contribution in [3.8, 4) is 0 Å². The number of hydrogen-bond acceptors (Lipinski definition) is 6. The Morgan fingerprint density at radius 1 is 1.11 bits per heavy atom. The van der Waals surface area contributed by atoms with Crippen molar-refractivity contribution in [2.24, 2.45) is 0 Å². The molecule has 3 heterocycles. The number of aromatic nitrogens is 3. The van der Waals surface area contributed by atoms with Crippen LogP contribution >= 0.6 is 0 Å². The first-order chi connectivity index (χ1) is 13.1. The lowest BCUT2D eigenvalue weighted by molar-refractivity contribution is -0.135. The van der Waals surface area contributed by atoms with Crippen molar-refractivity contribution in [3.63, 3.8) is 0 Å². The van der Waals surface area contributed by atoms with E-state index < -0.39 is 10.0 Å². The maximum Gasteiger partial charge on any atom is 0.243 e. The summed E-state index contributed by atoms with van der Waals surface area (Å²) in [7, 11) is -3.48. The quantitative estimate of drug-likeness (QED) is 0.732. The lowest BCUT2D eigenvalue weighted by Crippen LogP contribution is -2.41. The van der Waals surface area contributed by atoms with Crippen LogP contribution in [0.2, 0.25) is 0 Å². The van der Waals surface area contributed by atoms with Gasteiger partial charge in [0.2, 0.25) is 15.9 Å². The van der Waals surface area contributed by atoms with Crippen LogP contribution in [0.5, 0.6) is 0 Å². The van der Waals surface area contributed by atoms with Gasteiger partial charge in [0.05, 0.1) is 30.2 Å². The lowest BCUT2D eigenvalue weighted by Gasteiger charge is -2.26. The summed E-state index contributed by atoms with van der Waals surface area (Å²) in [6, 6.07) is 4.88. The van der Waals surface area contributed by atoms with E-state index in [0.717, 1.165) is 18.4 Å². The van der Waals surface area contributed by atoms with Gasteiger partial charge in [-0.2, -0.15) is 4.31 Å². The van der Waals surface area contributed by atoms with Gasteiger partial charge >= 0.3 is 0 Å². The molecule has 4 rings (SSSR count). The van der Waals surface area contributed by atoms with Gasteiger partial charge in [-0.05, 0) is 31.0 Å². The van der Waals surface area contributed by atoms with Gasteiger partial charge in [-0.25, -0.2) is 13.1 Å². The van der Waals surface area contributed by atoms with Crippen LogP contribution in [0.4, 0.5) is 0 Å². The summed E-state index contributed by atoms with van der Waals surface area (Å²) in [5.41, 5.74) is 1.25. The largest absolute Gasteiger partial charge is 0.378 e. The smallest absolute Gasteiger partial charge is 0.243 e. The van der Waals surface area contributed by atoms with Crippen molar-refractivity contribution >= 4 is 27.0 Å². The number of aryl methyl sites for hydroxylation is 1. The van der Waals surface area contributed by atoms with Crippen LogP contribution in [0.25, 0.3) is 11.0 Å². The summed E-state index contributed by atoms with van der Waals surface area (Å²) >= 11 is 0. The molecule has 0 aliphatic carbocycles. The molecule has 1 aromatic heterocycles. The average molecular weight is 393 g/mol. The fourth-order valence-electron chi connectivity index (χ4n) is 3.53. The summed E-state index contributed by atoms with van der Waals surface area (Å²) < 4.78 is 33.8. The van der Waals surface area contributed by atoms with E-state index in [1.54, 1.807) is 27.8 Å². The zero-order valence-corrected chi connectivity index (χ0v) is 15.9. The SMILES string of the molecule is O=C(CCn1nnc2cc(S(=O)(=O)N3CCCC3)ccc21)N1CCOCC1. The maximum absolute atomic E-state index is 12.7. The van der Waals surface area contributed by atoms with Gasteiger partial charge in [0.1, 0.15) is 5.52 Å². The number of morpholine rings is 1. The van der Waals surface area contributed by atoms with Crippen LogP contribution in [0.15, 0.2) is 23.1 Å². The van der Waals surface area contributed by atoms with Gasteiger partial charge in [-0.3, -0.25) is 4.79 Å². The van der Waals surface area contributed by atoms with E-state index in [1.807, 2.05) is 0 Å². The van der Waals surface area contributed by atoms with Crippen LogP contribution in [-0.2, 0) is 26.1 Å². The Hall–Kier alpha value is -2.04. The van der Waals surface area contributed by atoms with Gasteiger partial charge in [0, 0.05) is 32.6 Å². The second-order valence-corrected chi connectivity index (χ2v) is 8.76. The number of ether oxygens (including phenoxy) is 1. The first kappa shape index (κ1) is 18.3. The number of benzene rings is 1. The van der Waals surface area contributed by atoms with E-state index in [9.17, 15) is 13.2 Å². The lowest BCUT2D eigenvalue weighted by atomic mass is 10.3. The van der Waals surface area contributed by atoms with Gasteiger partial charge in [-0.1, -0.05) is 5.21 Å². The van der Waals surface area contributed by atoms with Crippen molar-refractivity contribution in [1.82, 2.24) is 24.2 Å². The minimum atomic E-state index is -3.48. The standard InChI is InChI=1S/C17H23N5O4S/c23-17(20-9-11-26-12-10-20)5-8-22-16-4-3-14(13-15(16)18-19-22)27(24,25)21-6-1-2-7-21/h3-4,13H,1-2,5-12H2. The zero-order chi connectivity index (χ0) is 18.9. The molecule has 9 nitrogen and oxygen atoms in total. The molecule has 10 heteroatoms. The Morgan fingerprint density at radius 2 is 1.85 bits per heavy atom. The minimum Gasteiger partial charge on any atom is -0.378 e. The molecule has 2 aliphatic heterocycles. The van der Waals surface area contributed by atoms with Crippen LogP contribution in [0.3, 0.4) is 0 Å². The van der Waals surface area contributed by atoms with Crippen LogP contribution in [0.1, 0.15) is 19.3 Å². The molecule has 0 atom stereocenters. The molecule has 2 fully saturated rings. The Labute approximate surface area is 157 Å². The van der Waals surface area contributed by atoms with Crippen LogP contribution in [-0.4, -0.2) is 77.9 Å². The number of nitrogens with zero attached hydrogens (tertiary/aromatic N) is 5. The van der Waals surface area contributed by atoms with Crippen LogP contribution in [0, 0.1) is 0 Å². The molecule has 2 aliphatic rings. The topological polar surface area (TPSA) is 97.6 Å². The third kappa shape index (κ3) is 3.69. The monoisotopic (exact) mass is 393 g/mol. The van der Waals surface area contributed by atoms with Crippen LogP contribution < -0.4 is 0 Å². The second kappa shape index (κ2) is 7.53. The molecule has 146 valence electrons. The van der Waals surface area contributed by atoms with Crippen molar-refractivity contribution in [2.75, 3.05) is 39.4 Å². The van der Waals surface area contributed by atoms with Crippen molar-refractivity contribution in [1.29, 1.82) is 0 Å². The Morgan fingerprint density at radius 3 is 2.59 bits per heavy atom. The van der Waals surface area contributed by atoms with Crippen molar-refractivity contribution in [3.05, 3.63) is 18.2 Å². The molecule has 0 saturated carbocycles. The summed E-state index contributed by atoms with van der Waals surface area (Å²) in [6.07, 6.45) is 2.12. The number of rotatable bonds is 5. The van der Waals surface area contributed by atoms with E-state index in [0.29, 0.717) is 57.9 Å². The predicted octanol–water partition coefficient (Wildman–Crippen LogP) is 0.465. The van der Waals surface area contributed by atoms with E-state index in [-0.39, 0.29) is 10.8 Å². The van der Waals surface area contributed by atoms with E-state index >= 15 is 0 Å². The maximum atomic E-state index is 12.7. The van der Waals surface area contributed by atoms with E-state index in [4.69, 9.17) is 4.74 Å². The van der Waals surface area contributed by atoms with E-state index in [2.05, 4.69) is 10.3 Å². The molecule has 27 heavy (non-hydrogen) atoms. The number of carbonyl (C=O) groups excluding carboxylic acids is 1. The molecular formula is C17H23N5O4S. The average Bonchev–Trinajstić information content (AvgIpc) is 3.37. The third-order valence-electron chi connectivity index (χ3n) is 5.09. The number of amides is 1. The minimum absolute atomic E-state index is 0.0650. The third-order valence-corrected chi connectivity index (χ3v) is 6.98. The van der Waals surface area contributed by atoms with Gasteiger partial charge in [-0.15, -0.1) is 5.10 Å². The highest BCUT2D eigenvalue weighted by Gasteiger charge is 2.27. The molecule has 0 unspecified atom stereocenters. The molecule has 2 saturated heterocycles. The fraction of sp³-hybridized carbons (Fsp3) is 0.588. The number of sulfonamides is 1. The number of hydrogen-bond donors (Lipinski definition) is 0. The Kier molecular flexibility index (Phi) is 5.11. The van der Waals surface area contributed by atoms with E-state index in [1.165, 1.54) is 4.31 Å². The highest BCUT2D eigenvalue weighted by atomic mass is 32.2. The van der Waals surface area contributed by atoms with Gasteiger partial charge < -0.3 is 9.64 Å². The summed E-state index contributed by atoms with van der Waals surface area (Å²) in [4.78, 5) is 14.3. The normalized spacial score (nSPS) is 19.0. The molecule has 0 spiro atoms. The molecule has 0 N–H and O–H groups in total.